The van der Waals surface area contributed by atoms with Crippen LogP contribution in [0, 0.1) is 11.8 Å². The number of carboxylic acids is 1. The van der Waals surface area contributed by atoms with E-state index in [9.17, 15) is 9.59 Å². The van der Waals surface area contributed by atoms with Gasteiger partial charge in [-0.1, -0.05) is 34.1 Å². The van der Waals surface area contributed by atoms with Gasteiger partial charge in [-0.25, -0.2) is 0 Å². The number of rotatable bonds is 4. The molecule has 0 aliphatic heterocycles. The first kappa shape index (κ1) is 13.1. The van der Waals surface area contributed by atoms with E-state index in [-0.39, 0.29) is 11.8 Å². The molecule has 2 rings (SSSR count). The highest BCUT2D eigenvalue weighted by Gasteiger charge is 2.49. The van der Waals surface area contributed by atoms with Crippen molar-refractivity contribution in [2.75, 3.05) is 7.05 Å². The lowest BCUT2D eigenvalue weighted by Crippen LogP contribution is -2.28. The lowest BCUT2D eigenvalue weighted by molar-refractivity contribution is -0.141. The van der Waals surface area contributed by atoms with Crippen LogP contribution in [0.1, 0.15) is 12.0 Å². The number of benzene rings is 1. The fraction of sp³-hybridized carbons (Fsp3) is 0.385. The Morgan fingerprint density at radius 2 is 2.06 bits per heavy atom. The first-order chi connectivity index (χ1) is 8.50. The van der Waals surface area contributed by atoms with Crippen LogP contribution >= 0.6 is 15.9 Å². The third kappa shape index (κ3) is 2.72. The van der Waals surface area contributed by atoms with Crippen LogP contribution in [-0.2, 0) is 16.1 Å². The Balaban J connectivity index is 1.97. The standard InChI is InChI=1S/C13H14BrNO3/c1-15(7-8-4-2-3-5-11(8)14)12(16)9-6-10(9)13(17)18/h2-5,9-10H,6-7H2,1H3,(H,17,18). The van der Waals surface area contributed by atoms with Gasteiger partial charge in [0.05, 0.1) is 11.8 Å². The zero-order valence-electron chi connectivity index (χ0n) is 9.97. The number of carboxylic acid groups (broad SMARTS) is 1. The minimum absolute atomic E-state index is 0.0850. The van der Waals surface area contributed by atoms with E-state index in [4.69, 9.17) is 5.11 Å². The molecular weight excluding hydrogens is 298 g/mol. The molecule has 96 valence electrons. The highest BCUT2D eigenvalue weighted by Crippen LogP contribution is 2.40. The van der Waals surface area contributed by atoms with E-state index in [1.165, 1.54) is 0 Å². The van der Waals surface area contributed by atoms with Crippen molar-refractivity contribution < 1.29 is 14.7 Å². The molecule has 5 heteroatoms. The van der Waals surface area contributed by atoms with Crippen LogP contribution in [0.2, 0.25) is 0 Å². The summed E-state index contributed by atoms with van der Waals surface area (Å²) < 4.78 is 0.954. The highest BCUT2D eigenvalue weighted by atomic mass is 79.9. The number of nitrogens with zero attached hydrogens (tertiary/aromatic N) is 1. The van der Waals surface area contributed by atoms with Gasteiger partial charge < -0.3 is 10.0 Å². The van der Waals surface area contributed by atoms with Gasteiger partial charge in [-0.05, 0) is 18.1 Å². The molecule has 0 bridgehead atoms. The number of hydrogen-bond donors (Lipinski definition) is 1. The first-order valence-electron chi connectivity index (χ1n) is 5.72. The molecule has 1 aromatic rings. The molecule has 1 N–H and O–H groups in total. The van der Waals surface area contributed by atoms with Crippen molar-refractivity contribution in [3.8, 4) is 0 Å². The molecule has 18 heavy (non-hydrogen) atoms. The molecule has 0 radical (unpaired) electrons. The van der Waals surface area contributed by atoms with E-state index in [0.29, 0.717) is 13.0 Å². The van der Waals surface area contributed by atoms with Gasteiger partial charge in [0.15, 0.2) is 0 Å². The van der Waals surface area contributed by atoms with Crippen molar-refractivity contribution in [2.24, 2.45) is 11.8 Å². The van der Waals surface area contributed by atoms with Gasteiger partial charge in [0.2, 0.25) is 5.91 Å². The van der Waals surface area contributed by atoms with Crippen LogP contribution in [0.5, 0.6) is 0 Å². The Morgan fingerprint density at radius 3 is 2.61 bits per heavy atom. The molecule has 1 aromatic carbocycles. The van der Waals surface area contributed by atoms with E-state index in [1.54, 1.807) is 11.9 Å². The van der Waals surface area contributed by atoms with Crippen LogP contribution in [0.3, 0.4) is 0 Å². The average Bonchev–Trinajstić information content (AvgIpc) is 3.11. The van der Waals surface area contributed by atoms with Gasteiger partial charge in [0.1, 0.15) is 0 Å². The zero-order valence-corrected chi connectivity index (χ0v) is 11.6. The van der Waals surface area contributed by atoms with Gasteiger partial charge in [0, 0.05) is 18.1 Å². The third-order valence-corrected chi connectivity index (χ3v) is 3.94. The number of carbonyl (C=O) groups is 2. The summed E-state index contributed by atoms with van der Waals surface area (Å²) in [6.45, 7) is 0.489. The van der Waals surface area contributed by atoms with Crippen molar-refractivity contribution in [3.63, 3.8) is 0 Å². The smallest absolute Gasteiger partial charge is 0.307 e. The van der Waals surface area contributed by atoms with Gasteiger partial charge in [-0.15, -0.1) is 0 Å². The summed E-state index contributed by atoms with van der Waals surface area (Å²) >= 11 is 3.43. The average molecular weight is 312 g/mol. The van der Waals surface area contributed by atoms with Gasteiger partial charge in [0.25, 0.3) is 0 Å². The second-order valence-electron chi connectivity index (χ2n) is 4.57. The lowest BCUT2D eigenvalue weighted by atomic mass is 10.2. The predicted octanol–water partition coefficient (Wildman–Crippen LogP) is 2.13. The maximum absolute atomic E-state index is 12.0. The summed E-state index contributed by atoms with van der Waals surface area (Å²) in [5, 5.41) is 8.81. The maximum atomic E-state index is 12.0. The second kappa shape index (κ2) is 5.10. The lowest BCUT2D eigenvalue weighted by Gasteiger charge is -2.18. The molecule has 0 spiro atoms. The number of halogens is 1. The molecular formula is C13H14BrNO3. The van der Waals surface area contributed by atoms with Crippen LogP contribution in [-0.4, -0.2) is 28.9 Å². The van der Waals surface area contributed by atoms with Crippen molar-refractivity contribution in [1.82, 2.24) is 4.90 Å². The number of hydrogen-bond acceptors (Lipinski definition) is 2. The fourth-order valence-electron chi connectivity index (χ4n) is 1.98. The van der Waals surface area contributed by atoms with Crippen LogP contribution < -0.4 is 0 Å². The number of amides is 1. The minimum Gasteiger partial charge on any atom is -0.481 e. The van der Waals surface area contributed by atoms with Crippen molar-refractivity contribution >= 4 is 27.8 Å². The van der Waals surface area contributed by atoms with Crippen LogP contribution in [0.15, 0.2) is 28.7 Å². The largest absolute Gasteiger partial charge is 0.481 e. The molecule has 0 saturated heterocycles. The van der Waals surface area contributed by atoms with Gasteiger partial charge in [-0.3, -0.25) is 9.59 Å². The highest BCUT2D eigenvalue weighted by molar-refractivity contribution is 9.10. The summed E-state index contributed by atoms with van der Waals surface area (Å²) in [5.41, 5.74) is 1.01. The maximum Gasteiger partial charge on any atom is 0.307 e. The van der Waals surface area contributed by atoms with E-state index in [2.05, 4.69) is 15.9 Å². The third-order valence-electron chi connectivity index (χ3n) is 3.17. The number of aliphatic carboxylic acids is 1. The monoisotopic (exact) mass is 311 g/mol. The summed E-state index contributed by atoms with van der Waals surface area (Å²) in [7, 11) is 1.71. The van der Waals surface area contributed by atoms with Gasteiger partial charge >= 0.3 is 5.97 Å². The first-order valence-corrected chi connectivity index (χ1v) is 6.51. The van der Waals surface area contributed by atoms with E-state index >= 15 is 0 Å². The molecule has 1 aliphatic carbocycles. The number of carbonyl (C=O) groups excluding carboxylic acids is 1. The molecule has 1 saturated carbocycles. The summed E-state index contributed by atoms with van der Waals surface area (Å²) in [5.74, 6) is -1.78. The summed E-state index contributed by atoms with van der Waals surface area (Å²) in [6, 6.07) is 7.69. The predicted molar refractivity (Wildman–Crippen MR) is 69.8 cm³/mol. The Morgan fingerprint density at radius 1 is 1.39 bits per heavy atom. The Hall–Kier alpha value is -1.36. The molecule has 1 amide bonds. The molecule has 0 heterocycles. The quantitative estimate of drug-likeness (QED) is 0.926. The van der Waals surface area contributed by atoms with Crippen molar-refractivity contribution in [3.05, 3.63) is 34.3 Å². The van der Waals surface area contributed by atoms with E-state index in [0.717, 1.165) is 10.0 Å². The second-order valence-corrected chi connectivity index (χ2v) is 5.43. The molecule has 0 aromatic heterocycles. The molecule has 2 atom stereocenters. The van der Waals surface area contributed by atoms with Crippen molar-refractivity contribution in [1.29, 1.82) is 0 Å². The SMILES string of the molecule is CN(Cc1ccccc1Br)C(=O)C1CC1C(=O)O. The van der Waals surface area contributed by atoms with Crippen molar-refractivity contribution in [2.45, 2.75) is 13.0 Å². The zero-order chi connectivity index (χ0) is 13.3. The van der Waals surface area contributed by atoms with Crippen LogP contribution in [0.25, 0.3) is 0 Å². The summed E-state index contributed by atoms with van der Waals surface area (Å²) in [6.07, 6.45) is 0.467. The fourth-order valence-corrected chi connectivity index (χ4v) is 2.39. The molecule has 2 unspecified atom stereocenters. The molecule has 4 nitrogen and oxygen atoms in total. The van der Waals surface area contributed by atoms with E-state index < -0.39 is 11.9 Å². The van der Waals surface area contributed by atoms with Gasteiger partial charge in [-0.2, -0.15) is 0 Å². The minimum atomic E-state index is -0.873. The normalized spacial score (nSPS) is 21.4. The van der Waals surface area contributed by atoms with Crippen LogP contribution in [0.4, 0.5) is 0 Å². The Kier molecular flexibility index (Phi) is 3.71. The topological polar surface area (TPSA) is 57.6 Å². The summed E-state index contributed by atoms with van der Waals surface area (Å²) in [4.78, 5) is 24.3. The Bertz CT molecular complexity index is 489. The Labute approximate surface area is 114 Å². The molecule has 1 aliphatic rings. The molecule has 1 fully saturated rings. The van der Waals surface area contributed by atoms with E-state index in [1.807, 2.05) is 24.3 Å².